The molecule has 0 unspecified atom stereocenters. The van der Waals surface area contributed by atoms with Crippen LogP contribution in [0.4, 0.5) is 0 Å². The average Bonchev–Trinajstić information content (AvgIpc) is 3.13. The predicted molar refractivity (Wildman–Crippen MR) is 99.0 cm³/mol. The Morgan fingerprint density at radius 1 is 1.08 bits per heavy atom. The van der Waals surface area contributed by atoms with Crippen LogP contribution in [0, 0.1) is 0 Å². The van der Waals surface area contributed by atoms with Crippen LogP contribution in [0.2, 0.25) is 0 Å². The second kappa shape index (κ2) is 7.32. The van der Waals surface area contributed by atoms with E-state index in [1.807, 2.05) is 48.5 Å². The van der Waals surface area contributed by atoms with Crippen LogP contribution in [0.5, 0.6) is 5.75 Å². The lowest BCUT2D eigenvalue weighted by atomic mass is 9.90. The highest BCUT2D eigenvalue weighted by Crippen LogP contribution is 2.26. The molecule has 0 spiro atoms. The molecule has 1 saturated heterocycles. The normalized spacial score (nSPS) is 15.4. The minimum atomic E-state index is -0.0925. The molecule has 0 atom stereocenters. The number of aromatic nitrogens is 1. The van der Waals surface area contributed by atoms with Crippen molar-refractivity contribution >= 4 is 0 Å². The van der Waals surface area contributed by atoms with Crippen molar-refractivity contribution in [2.75, 3.05) is 20.3 Å². The number of benzene rings is 2. The monoisotopic (exact) mass is 350 g/mol. The van der Waals surface area contributed by atoms with E-state index in [4.69, 9.17) is 14.0 Å². The van der Waals surface area contributed by atoms with Gasteiger partial charge in [0.2, 0.25) is 0 Å². The summed E-state index contributed by atoms with van der Waals surface area (Å²) in [6.07, 6.45) is 0.777. The summed E-state index contributed by atoms with van der Waals surface area (Å²) >= 11 is 0. The number of hydrogen-bond acceptors (Lipinski definition) is 5. The fraction of sp³-hybridized carbons (Fsp3) is 0.286. The van der Waals surface area contributed by atoms with Crippen molar-refractivity contribution in [2.45, 2.75) is 18.5 Å². The quantitative estimate of drug-likeness (QED) is 0.707. The van der Waals surface area contributed by atoms with Gasteiger partial charge in [-0.2, -0.15) is 0 Å². The number of methoxy groups -OCH3 is 1. The molecule has 1 aliphatic heterocycles. The van der Waals surface area contributed by atoms with E-state index in [0.29, 0.717) is 13.2 Å². The summed E-state index contributed by atoms with van der Waals surface area (Å²) in [5, 5.41) is 7.89. The molecule has 2 heterocycles. The molecule has 1 aliphatic rings. The van der Waals surface area contributed by atoms with Gasteiger partial charge in [0.15, 0.2) is 5.76 Å². The standard InChI is InChI=1S/C21H22N2O3/c1-24-19-9-7-16(8-10-19)13-22-21(14-25-15-21)12-18-11-20(26-23-18)17-5-3-2-4-6-17/h2-11,22H,12-15H2,1H3. The summed E-state index contributed by atoms with van der Waals surface area (Å²) in [5.74, 6) is 1.66. The highest BCUT2D eigenvalue weighted by Gasteiger charge is 2.39. The van der Waals surface area contributed by atoms with Gasteiger partial charge in [0.25, 0.3) is 0 Å². The third kappa shape index (κ3) is 3.64. The molecule has 134 valence electrons. The Bertz CT molecular complexity index is 839. The predicted octanol–water partition coefficient (Wildman–Crippen LogP) is 3.45. The van der Waals surface area contributed by atoms with E-state index in [9.17, 15) is 0 Å². The minimum Gasteiger partial charge on any atom is -0.497 e. The van der Waals surface area contributed by atoms with Crippen molar-refractivity contribution in [2.24, 2.45) is 0 Å². The van der Waals surface area contributed by atoms with Crippen LogP contribution in [0.1, 0.15) is 11.3 Å². The Morgan fingerprint density at radius 2 is 1.85 bits per heavy atom. The lowest BCUT2D eigenvalue weighted by Crippen LogP contribution is -2.61. The molecule has 5 heteroatoms. The fourth-order valence-electron chi connectivity index (χ4n) is 3.13. The van der Waals surface area contributed by atoms with Gasteiger partial charge in [-0.1, -0.05) is 47.6 Å². The summed E-state index contributed by atoms with van der Waals surface area (Å²) in [4.78, 5) is 0. The average molecular weight is 350 g/mol. The summed E-state index contributed by atoms with van der Waals surface area (Å²) in [6, 6.07) is 20.1. The van der Waals surface area contributed by atoms with Gasteiger partial charge in [0, 0.05) is 24.6 Å². The third-order valence-corrected chi connectivity index (χ3v) is 4.72. The Morgan fingerprint density at radius 3 is 2.50 bits per heavy atom. The maximum Gasteiger partial charge on any atom is 0.167 e. The van der Waals surface area contributed by atoms with E-state index in [1.54, 1.807) is 7.11 Å². The van der Waals surface area contributed by atoms with Gasteiger partial charge >= 0.3 is 0 Å². The van der Waals surface area contributed by atoms with Crippen LogP contribution >= 0.6 is 0 Å². The molecule has 0 aliphatic carbocycles. The fourth-order valence-corrected chi connectivity index (χ4v) is 3.13. The first-order chi connectivity index (χ1) is 12.8. The Labute approximate surface area is 152 Å². The molecule has 5 nitrogen and oxygen atoms in total. The summed E-state index contributed by atoms with van der Waals surface area (Å²) < 4.78 is 16.2. The largest absolute Gasteiger partial charge is 0.497 e. The highest BCUT2D eigenvalue weighted by molar-refractivity contribution is 5.56. The summed E-state index contributed by atoms with van der Waals surface area (Å²) in [6.45, 7) is 2.13. The molecule has 0 bridgehead atoms. The van der Waals surface area contributed by atoms with Gasteiger partial charge in [0.05, 0.1) is 31.6 Å². The SMILES string of the molecule is COc1ccc(CNC2(Cc3cc(-c4ccccc4)on3)COC2)cc1. The highest BCUT2D eigenvalue weighted by atomic mass is 16.5. The number of ether oxygens (including phenoxy) is 2. The first-order valence-electron chi connectivity index (χ1n) is 8.73. The lowest BCUT2D eigenvalue weighted by molar-refractivity contribution is -0.0755. The van der Waals surface area contributed by atoms with Crippen molar-refractivity contribution in [3.8, 4) is 17.1 Å². The van der Waals surface area contributed by atoms with Gasteiger partial charge in [-0.25, -0.2) is 0 Å². The summed E-state index contributed by atoms with van der Waals surface area (Å²) in [7, 11) is 1.68. The van der Waals surface area contributed by atoms with Gasteiger partial charge in [-0.05, 0) is 17.7 Å². The zero-order valence-corrected chi connectivity index (χ0v) is 14.8. The van der Waals surface area contributed by atoms with Crippen LogP contribution in [-0.4, -0.2) is 31.0 Å². The van der Waals surface area contributed by atoms with Crippen LogP contribution in [0.25, 0.3) is 11.3 Å². The second-order valence-electron chi connectivity index (χ2n) is 6.70. The number of hydrogen-bond donors (Lipinski definition) is 1. The van der Waals surface area contributed by atoms with E-state index in [1.165, 1.54) is 5.56 Å². The second-order valence-corrected chi connectivity index (χ2v) is 6.70. The number of nitrogens with one attached hydrogen (secondary N) is 1. The van der Waals surface area contributed by atoms with E-state index in [-0.39, 0.29) is 5.54 Å². The van der Waals surface area contributed by atoms with Crippen molar-refractivity contribution in [1.29, 1.82) is 0 Å². The van der Waals surface area contributed by atoms with Crippen molar-refractivity contribution in [3.05, 3.63) is 71.9 Å². The van der Waals surface area contributed by atoms with Gasteiger partial charge in [-0.3, -0.25) is 0 Å². The third-order valence-electron chi connectivity index (χ3n) is 4.72. The van der Waals surface area contributed by atoms with E-state index in [0.717, 1.165) is 35.7 Å². The summed E-state index contributed by atoms with van der Waals surface area (Å²) in [5.41, 5.74) is 3.10. The molecule has 2 aromatic carbocycles. The molecule has 0 saturated carbocycles. The van der Waals surface area contributed by atoms with Crippen molar-refractivity contribution in [1.82, 2.24) is 10.5 Å². The number of nitrogens with zero attached hydrogens (tertiary/aromatic N) is 1. The zero-order chi connectivity index (χ0) is 17.8. The molecule has 3 aromatic rings. The minimum absolute atomic E-state index is 0.0925. The Balaban J connectivity index is 1.41. The Hall–Kier alpha value is -2.63. The number of rotatable bonds is 7. The van der Waals surface area contributed by atoms with E-state index < -0.39 is 0 Å². The smallest absolute Gasteiger partial charge is 0.167 e. The van der Waals surface area contributed by atoms with Gasteiger partial charge in [-0.15, -0.1) is 0 Å². The molecular formula is C21H22N2O3. The van der Waals surface area contributed by atoms with E-state index >= 15 is 0 Å². The Kier molecular flexibility index (Phi) is 4.73. The van der Waals surface area contributed by atoms with E-state index in [2.05, 4.69) is 22.6 Å². The molecule has 1 aromatic heterocycles. The van der Waals surface area contributed by atoms with Crippen molar-refractivity contribution in [3.63, 3.8) is 0 Å². The molecule has 1 fully saturated rings. The van der Waals surface area contributed by atoms with Crippen LogP contribution in [-0.2, 0) is 17.7 Å². The lowest BCUT2D eigenvalue weighted by Gasteiger charge is -2.42. The maximum atomic E-state index is 5.52. The molecular weight excluding hydrogens is 328 g/mol. The maximum absolute atomic E-state index is 5.52. The van der Waals surface area contributed by atoms with Crippen LogP contribution in [0.15, 0.2) is 65.2 Å². The topological polar surface area (TPSA) is 56.5 Å². The molecule has 4 rings (SSSR count). The molecule has 0 amide bonds. The first kappa shape index (κ1) is 16.8. The van der Waals surface area contributed by atoms with Crippen LogP contribution in [0.3, 0.4) is 0 Å². The van der Waals surface area contributed by atoms with Gasteiger partial charge < -0.3 is 19.3 Å². The van der Waals surface area contributed by atoms with Gasteiger partial charge in [0.1, 0.15) is 5.75 Å². The molecule has 1 N–H and O–H groups in total. The first-order valence-corrected chi connectivity index (χ1v) is 8.73. The van der Waals surface area contributed by atoms with Crippen LogP contribution < -0.4 is 10.1 Å². The zero-order valence-electron chi connectivity index (χ0n) is 14.8. The molecule has 0 radical (unpaired) electrons. The van der Waals surface area contributed by atoms with Crippen molar-refractivity contribution < 1.29 is 14.0 Å². The molecule has 26 heavy (non-hydrogen) atoms.